The number of aliphatic hydroxyl groups excluding tert-OH is 1. The van der Waals surface area contributed by atoms with Gasteiger partial charge in [-0.05, 0) is 38.0 Å². The molecule has 10 heteroatoms. The van der Waals surface area contributed by atoms with E-state index in [0.717, 1.165) is 18.9 Å². The molecule has 1 aromatic carbocycles. The van der Waals surface area contributed by atoms with E-state index in [-0.39, 0.29) is 36.0 Å². The maximum atomic E-state index is 13.3. The number of nitriles is 1. The minimum atomic E-state index is -0.661. The van der Waals surface area contributed by atoms with Gasteiger partial charge < -0.3 is 31.1 Å². The molecule has 0 aliphatic carbocycles. The lowest BCUT2D eigenvalue weighted by Crippen LogP contribution is -2.37. The van der Waals surface area contributed by atoms with Gasteiger partial charge in [-0.15, -0.1) is 0 Å². The molecule has 168 valence electrons. The molecule has 2 rings (SSSR count). The molecule has 1 saturated heterocycles. The number of carbonyl (C=O) groups excluding carboxylic acids is 2. The summed E-state index contributed by atoms with van der Waals surface area (Å²) in [6.45, 7) is 3.43. The van der Waals surface area contributed by atoms with E-state index in [4.69, 9.17) is 15.1 Å². The Morgan fingerprint density at radius 2 is 2.00 bits per heavy atom. The zero-order valence-corrected chi connectivity index (χ0v) is 17.4. The number of rotatable bonds is 11. The lowest BCUT2D eigenvalue weighted by molar-refractivity contribution is -0.117. The van der Waals surface area contributed by atoms with Gasteiger partial charge in [0.25, 0.3) is 5.91 Å². The zero-order valence-electron chi connectivity index (χ0n) is 17.4. The van der Waals surface area contributed by atoms with Crippen molar-refractivity contribution in [2.45, 2.75) is 32.1 Å². The fourth-order valence-corrected chi connectivity index (χ4v) is 2.89. The van der Waals surface area contributed by atoms with Gasteiger partial charge in [0.2, 0.25) is 5.91 Å². The van der Waals surface area contributed by atoms with E-state index in [1.54, 1.807) is 19.2 Å². The molecular formula is C21H28FN5O4. The second kappa shape index (κ2) is 12.6. The van der Waals surface area contributed by atoms with Crippen LogP contribution in [-0.4, -0.2) is 62.0 Å². The summed E-state index contributed by atoms with van der Waals surface area (Å²) in [5, 5.41) is 29.4. The van der Waals surface area contributed by atoms with Crippen LogP contribution in [0.5, 0.6) is 0 Å². The van der Waals surface area contributed by atoms with Crippen LogP contribution in [0.2, 0.25) is 0 Å². The molecule has 0 spiro atoms. The van der Waals surface area contributed by atoms with E-state index in [2.05, 4.69) is 21.3 Å². The van der Waals surface area contributed by atoms with Crippen LogP contribution in [0.15, 0.2) is 30.0 Å². The number of aliphatic hydroxyl groups is 1. The Bertz CT molecular complexity index is 840. The number of hydrogen-bond acceptors (Lipinski definition) is 7. The third-order valence-corrected chi connectivity index (χ3v) is 4.68. The number of nitrogens with zero attached hydrogens (tertiary/aromatic N) is 1. The molecule has 9 nitrogen and oxygen atoms in total. The molecule has 1 aliphatic heterocycles. The molecule has 0 radical (unpaired) electrons. The van der Waals surface area contributed by atoms with Crippen LogP contribution in [0.3, 0.4) is 0 Å². The van der Waals surface area contributed by atoms with Crippen molar-refractivity contribution in [1.82, 2.24) is 21.3 Å². The molecule has 0 bridgehead atoms. The monoisotopic (exact) mass is 433 g/mol. The molecule has 1 heterocycles. The van der Waals surface area contributed by atoms with Crippen molar-refractivity contribution in [3.63, 3.8) is 0 Å². The smallest absolute Gasteiger partial charge is 0.251 e. The highest BCUT2D eigenvalue weighted by molar-refractivity contribution is 5.94. The molecule has 31 heavy (non-hydrogen) atoms. The van der Waals surface area contributed by atoms with Gasteiger partial charge in [-0.25, -0.2) is 4.39 Å². The second-order valence-electron chi connectivity index (χ2n) is 7.07. The van der Waals surface area contributed by atoms with Crippen LogP contribution < -0.4 is 21.3 Å². The minimum Gasteiger partial charge on any atom is -0.394 e. The van der Waals surface area contributed by atoms with Crippen LogP contribution >= 0.6 is 0 Å². The number of ether oxygens (including phenoxy) is 1. The largest absolute Gasteiger partial charge is 0.394 e. The highest BCUT2D eigenvalue weighted by atomic mass is 19.1. The second-order valence-corrected chi connectivity index (χ2v) is 7.07. The maximum Gasteiger partial charge on any atom is 0.251 e. The summed E-state index contributed by atoms with van der Waals surface area (Å²) in [7, 11) is 0. The highest BCUT2D eigenvalue weighted by Crippen LogP contribution is 2.17. The van der Waals surface area contributed by atoms with Crippen molar-refractivity contribution in [2.24, 2.45) is 0 Å². The quantitative estimate of drug-likeness (QED) is 0.247. The van der Waals surface area contributed by atoms with Crippen LogP contribution in [0.25, 0.3) is 0 Å². The van der Waals surface area contributed by atoms with Crippen molar-refractivity contribution in [3.05, 3.63) is 46.9 Å². The first kappa shape index (κ1) is 24.3. The van der Waals surface area contributed by atoms with E-state index in [9.17, 15) is 14.0 Å². The third kappa shape index (κ3) is 7.97. The van der Waals surface area contributed by atoms with Gasteiger partial charge >= 0.3 is 0 Å². The summed E-state index contributed by atoms with van der Waals surface area (Å²) in [5.41, 5.74) is 0.557. The Labute approximate surface area is 180 Å². The van der Waals surface area contributed by atoms with Gasteiger partial charge in [0.05, 0.1) is 18.3 Å². The van der Waals surface area contributed by atoms with Crippen molar-refractivity contribution in [2.75, 3.05) is 32.8 Å². The average molecular weight is 433 g/mol. The number of amides is 2. The molecule has 1 aliphatic rings. The SMILES string of the molecule is C/C(=C/N[C@H]1CC[C@@H](CO)O1)C(=O)NCCNCCNC(=O)c1ccc(F)c(C#N)c1. The number of halogens is 1. The first-order chi connectivity index (χ1) is 14.9. The third-order valence-electron chi connectivity index (χ3n) is 4.68. The maximum absolute atomic E-state index is 13.3. The molecule has 1 fully saturated rings. The molecule has 5 N–H and O–H groups in total. The van der Waals surface area contributed by atoms with E-state index in [0.29, 0.717) is 31.8 Å². The predicted molar refractivity (Wildman–Crippen MR) is 111 cm³/mol. The summed E-state index contributed by atoms with van der Waals surface area (Å²) in [6, 6.07) is 5.32. The molecule has 0 saturated carbocycles. The van der Waals surface area contributed by atoms with E-state index >= 15 is 0 Å². The highest BCUT2D eigenvalue weighted by Gasteiger charge is 2.23. The lowest BCUT2D eigenvalue weighted by Gasteiger charge is -2.13. The molecule has 0 unspecified atom stereocenters. The summed E-state index contributed by atoms with van der Waals surface area (Å²) in [5.74, 6) is -1.26. The van der Waals surface area contributed by atoms with Gasteiger partial charge in [0.1, 0.15) is 18.1 Å². The first-order valence-electron chi connectivity index (χ1n) is 10.1. The Hall–Kier alpha value is -3.00. The number of benzene rings is 1. The molecule has 2 amide bonds. The average Bonchev–Trinajstić information content (AvgIpc) is 3.24. The number of carbonyl (C=O) groups is 2. The van der Waals surface area contributed by atoms with E-state index in [1.807, 2.05) is 0 Å². The predicted octanol–water partition coefficient (Wildman–Crippen LogP) is 0.124. The summed E-state index contributed by atoms with van der Waals surface area (Å²) in [4.78, 5) is 24.1. The Morgan fingerprint density at radius 3 is 2.68 bits per heavy atom. The van der Waals surface area contributed by atoms with Gasteiger partial charge in [-0.2, -0.15) is 5.26 Å². The van der Waals surface area contributed by atoms with Gasteiger partial charge in [-0.3, -0.25) is 9.59 Å². The van der Waals surface area contributed by atoms with Crippen molar-refractivity contribution in [3.8, 4) is 6.07 Å². The number of hydrogen-bond donors (Lipinski definition) is 5. The van der Waals surface area contributed by atoms with Crippen molar-refractivity contribution in [1.29, 1.82) is 5.26 Å². The van der Waals surface area contributed by atoms with E-state index in [1.165, 1.54) is 12.1 Å². The van der Waals surface area contributed by atoms with Crippen molar-refractivity contribution < 1.29 is 23.8 Å². The molecular weight excluding hydrogens is 405 g/mol. The fourth-order valence-electron chi connectivity index (χ4n) is 2.89. The van der Waals surface area contributed by atoms with Crippen LogP contribution in [-0.2, 0) is 9.53 Å². The van der Waals surface area contributed by atoms with Crippen LogP contribution in [0.4, 0.5) is 4.39 Å². The number of nitrogens with one attached hydrogen (secondary N) is 4. The molecule has 2 atom stereocenters. The van der Waals surface area contributed by atoms with Crippen molar-refractivity contribution >= 4 is 11.8 Å². The molecule has 1 aromatic rings. The van der Waals surface area contributed by atoms with Crippen LogP contribution in [0, 0.1) is 17.1 Å². The summed E-state index contributed by atoms with van der Waals surface area (Å²) < 4.78 is 18.8. The Morgan fingerprint density at radius 1 is 1.26 bits per heavy atom. The summed E-state index contributed by atoms with van der Waals surface area (Å²) >= 11 is 0. The zero-order chi connectivity index (χ0) is 22.6. The lowest BCUT2D eigenvalue weighted by atomic mass is 10.1. The molecule has 0 aromatic heterocycles. The normalized spacial score (nSPS) is 18.3. The van der Waals surface area contributed by atoms with Gasteiger partial charge in [0, 0.05) is 43.5 Å². The standard InChI is InChI=1S/C21H28FN5O4/c1-14(12-27-19-5-3-17(13-28)31-19)20(29)25-8-6-24-7-9-26-21(30)15-2-4-18(22)16(10-15)11-23/h2,4,10,12,17,19,24,27-28H,3,5-9,13H2,1H3,(H,25,29)(H,26,30)/b14-12-/t17-,19+/m0/s1. The fraction of sp³-hybridized carbons (Fsp3) is 0.476. The summed E-state index contributed by atoms with van der Waals surface area (Å²) in [6.07, 6.45) is 2.82. The van der Waals surface area contributed by atoms with E-state index < -0.39 is 11.7 Å². The van der Waals surface area contributed by atoms with Gasteiger partial charge in [0.15, 0.2) is 0 Å². The topological polar surface area (TPSA) is 136 Å². The Kier molecular flexibility index (Phi) is 9.90. The Balaban J connectivity index is 1.56. The van der Waals surface area contributed by atoms with Crippen LogP contribution in [0.1, 0.15) is 35.7 Å². The van der Waals surface area contributed by atoms with Gasteiger partial charge in [-0.1, -0.05) is 0 Å². The minimum absolute atomic E-state index is 0.00753. The first-order valence-corrected chi connectivity index (χ1v) is 10.1.